The van der Waals surface area contributed by atoms with Gasteiger partial charge in [0.15, 0.2) is 6.61 Å². The van der Waals surface area contributed by atoms with E-state index >= 15 is 0 Å². The number of carbonyl (C=O) groups is 2. The molecule has 0 aliphatic carbocycles. The number of esters is 1. The quantitative estimate of drug-likeness (QED) is 0.811. The Morgan fingerprint density at radius 2 is 1.75 bits per heavy atom. The zero-order valence-corrected chi connectivity index (χ0v) is 13.9. The monoisotopic (exact) mass is 349 g/mol. The van der Waals surface area contributed by atoms with E-state index in [0.717, 1.165) is 0 Å². The van der Waals surface area contributed by atoms with E-state index in [0.29, 0.717) is 22.2 Å². The molecular weight excluding hydrogens is 334 g/mol. The standard InChI is InChI=1S/C17H16ClNO5/c1-22-13-7-8-14(15(9-13)23-2)17(21)24-10-16(20)19-12-5-3-11(18)4-6-12/h3-9H,10H2,1-2H3,(H,19,20). The molecule has 1 N–H and O–H groups in total. The Balaban J connectivity index is 1.95. The van der Waals surface area contributed by atoms with Crippen LogP contribution in [0.15, 0.2) is 42.5 Å². The van der Waals surface area contributed by atoms with Crippen LogP contribution in [-0.2, 0) is 9.53 Å². The van der Waals surface area contributed by atoms with Crippen molar-refractivity contribution in [2.75, 3.05) is 26.1 Å². The Labute approximate surface area is 144 Å². The number of nitrogens with one attached hydrogen (secondary N) is 1. The van der Waals surface area contributed by atoms with E-state index in [9.17, 15) is 9.59 Å². The summed E-state index contributed by atoms with van der Waals surface area (Å²) in [4.78, 5) is 23.9. The lowest BCUT2D eigenvalue weighted by atomic mass is 10.2. The first-order valence-electron chi connectivity index (χ1n) is 6.98. The van der Waals surface area contributed by atoms with Gasteiger partial charge in [0.1, 0.15) is 17.1 Å². The minimum absolute atomic E-state index is 0.206. The van der Waals surface area contributed by atoms with Crippen molar-refractivity contribution in [3.8, 4) is 11.5 Å². The molecule has 0 saturated heterocycles. The number of anilines is 1. The lowest BCUT2D eigenvalue weighted by Gasteiger charge is -2.10. The molecule has 6 nitrogen and oxygen atoms in total. The molecule has 2 aromatic rings. The molecule has 0 aliphatic rings. The maximum absolute atomic E-state index is 12.1. The maximum Gasteiger partial charge on any atom is 0.342 e. The van der Waals surface area contributed by atoms with Gasteiger partial charge < -0.3 is 19.5 Å². The van der Waals surface area contributed by atoms with Crippen molar-refractivity contribution in [2.45, 2.75) is 0 Å². The largest absolute Gasteiger partial charge is 0.497 e. The molecule has 0 bridgehead atoms. The fraction of sp³-hybridized carbons (Fsp3) is 0.176. The van der Waals surface area contributed by atoms with Gasteiger partial charge in [0, 0.05) is 16.8 Å². The third-order valence-corrected chi connectivity index (χ3v) is 3.34. The Kier molecular flexibility index (Phi) is 6.03. The van der Waals surface area contributed by atoms with Crippen LogP contribution in [-0.4, -0.2) is 32.7 Å². The topological polar surface area (TPSA) is 73.9 Å². The minimum atomic E-state index is -0.666. The number of benzene rings is 2. The fourth-order valence-corrected chi connectivity index (χ4v) is 2.03. The number of halogens is 1. The third kappa shape index (κ3) is 4.63. The Morgan fingerprint density at radius 3 is 2.38 bits per heavy atom. The molecular formula is C17H16ClNO5. The number of ether oxygens (including phenoxy) is 3. The minimum Gasteiger partial charge on any atom is -0.497 e. The number of hydrogen-bond donors (Lipinski definition) is 1. The smallest absolute Gasteiger partial charge is 0.342 e. The van der Waals surface area contributed by atoms with Gasteiger partial charge >= 0.3 is 5.97 Å². The van der Waals surface area contributed by atoms with Crippen molar-refractivity contribution in [1.82, 2.24) is 0 Å². The molecule has 2 rings (SSSR count). The second kappa shape index (κ2) is 8.21. The zero-order valence-electron chi connectivity index (χ0n) is 13.2. The molecule has 2 aromatic carbocycles. The molecule has 0 unspecified atom stereocenters. The summed E-state index contributed by atoms with van der Waals surface area (Å²) in [6.07, 6.45) is 0. The highest BCUT2D eigenvalue weighted by atomic mass is 35.5. The highest BCUT2D eigenvalue weighted by molar-refractivity contribution is 6.30. The summed E-state index contributed by atoms with van der Waals surface area (Å²) < 4.78 is 15.2. The van der Waals surface area contributed by atoms with Gasteiger partial charge in [0.2, 0.25) is 0 Å². The summed E-state index contributed by atoms with van der Waals surface area (Å²) in [5.74, 6) is -0.278. The molecule has 24 heavy (non-hydrogen) atoms. The molecule has 0 atom stereocenters. The summed E-state index contributed by atoms with van der Waals surface area (Å²) >= 11 is 5.77. The molecule has 0 saturated carbocycles. The number of amides is 1. The van der Waals surface area contributed by atoms with Crippen molar-refractivity contribution in [3.05, 3.63) is 53.1 Å². The number of rotatable bonds is 6. The van der Waals surface area contributed by atoms with Crippen LogP contribution in [0.1, 0.15) is 10.4 Å². The van der Waals surface area contributed by atoms with Gasteiger partial charge in [-0.2, -0.15) is 0 Å². The lowest BCUT2D eigenvalue weighted by Crippen LogP contribution is -2.21. The second-order valence-electron chi connectivity index (χ2n) is 4.70. The average molecular weight is 350 g/mol. The van der Waals surface area contributed by atoms with Crippen LogP contribution in [0.4, 0.5) is 5.69 Å². The predicted molar refractivity (Wildman–Crippen MR) is 89.9 cm³/mol. The third-order valence-electron chi connectivity index (χ3n) is 3.09. The number of carbonyl (C=O) groups excluding carboxylic acids is 2. The molecule has 126 valence electrons. The highest BCUT2D eigenvalue weighted by Crippen LogP contribution is 2.25. The molecule has 0 fully saturated rings. The first-order chi connectivity index (χ1) is 11.5. The first-order valence-corrected chi connectivity index (χ1v) is 7.36. The second-order valence-corrected chi connectivity index (χ2v) is 5.13. The number of methoxy groups -OCH3 is 2. The first kappa shape index (κ1) is 17.6. The molecule has 7 heteroatoms. The van der Waals surface area contributed by atoms with E-state index in [1.807, 2.05) is 0 Å². The van der Waals surface area contributed by atoms with Crippen LogP contribution in [0.2, 0.25) is 5.02 Å². The Morgan fingerprint density at radius 1 is 1.04 bits per heavy atom. The SMILES string of the molecule is COc1ccc(C(=O)OCC(=O)Nc2ccc(Cl)cc2)c(OC)c1. The summed E-state index contributed by atoms with van der Waals surface area (Å²) in [7, 11) is 2.94. The molecule has 0 aromatic heterocycles. The van der Waals surface area contributed by atoms with Crippen LogP contribution in [0.25, 0.3) is 0 Å². The molecule has 0 spiro atoms. The van der Waals surface area contributed by atoms with E-state index in [-0.39, 0.29) is 5.56 Å². The molecule has 0 aliphatic heterocycles. The van der Waals surface area contributed by atoms with Crippen molar-refractivity contribution < 1.29 is 23.8 Å². The summed E-state index contributed by atoms with van der Waals surface area (Å²) in [6.45, 7) is -0.420. The summed E-state index contributed by atoms with van der Waals surface area (Å²) in [5, 5.41) is 3.16. The molecule has 0 heterocycles. The average Bonchev–Trinajstić information content (AvgIpc) is 2.61. The summed E-state index contributed by atoms with van der Waals surface area (Å²) in [6, 6.07) is 11.3. The molecule has 1 amide bonds. The normalized spacial score (nSPS) is 9.96. The lowest BCUT2D eigenvalue weighted by molar-refractivity contribution is -0.119. The van der Waals surface area contributed by atoms with E-state index in [2.05, 4.69) is 5.32 Å². The van der Waals surface area contributed by atoms with Crippen LogP contribution in [0.3, 0.4) is 0 Å². The Bertz CT molecular complexity index is 730. The van der Waals surface area contributed by atoms with E-state index in [1.165, 1.54) is 20.3 Å². The van der Waals surface area contributed by atoms with Crippen LogP contribution in [0, 0.1) is 0 Å². The number of hydrogen-bond acceptors (Lipinski definition) is 5. The van der Waals surface area contributed by atoms with Gasteiger partial charge in [0.25, 0.3) is 5.91 Å². The van der Waals surface area contributed by atoms with Crippen LogP contribution < -0.4 is 14.8 Å². The van der Waals surface area contributed by atoms with Gasteiger partial charge in [-0.3, -0.25) is 4.79 Å². The zero-order chi connectivity index (χ0) is 17.5. The fourth-order valence-electron chi connectivity index (χ4n) is 1.91. The van der Waals surface area contributed by atoms with Crippen molar-refractivity contribution in [1.29, 1.82) is 0 Å². The summed E-state index contributed by atoms with van der Waals surface area (Å²) in [5.41, 5.74) is 0.764. The van der Waals surface area contributed by atoms with Crippen molar-refractivity contribution >= 4 is 29.2 Å². The van der Waals surface area contributed by atoms with Crippen molar-refractivity contribution in [3.63, 3.8) is 0 Å². The maximum atomic E-state index is 12.1. The van der Waals surface area contributed by atoms with Crippen LogP contribution in [0.5, 0.6) is 11.5 Å². The molecule has 0 radical (unpaired) electrons. The Hall–Kier alpha value is -2.73. The van der Waals surface area contributed by atoms with Gasteiger partial charge in [-0.05, 0) is 36.4 Å². The van der Waals surface area contributed by atoms with Gasteiger partial charge in [-0.1, -0.05) is 11.6 Å². The van der Waals surface area contributed by atoms with Crippen molar-refractivity contribution in [2.24, 2.45) is 0 Å². The predicted octanol–water partition coefficient (Wildman–Crippen LogP) is 3.15. The van der Waals surface area contributed by atoms with E-state index < -0.39 is 18.5 Å². The highest BCUT2D eigenvalue weighted by Gasteiger charge is 2.16. The van der Waals surface area contributed by atoms with E-state index in [1.54, 1.807) is 36.4 Å². The van der Waals surface area contributed by atoms with Gasteiger partial charge in [0.05, 0.1) is 14.2 Å². The van der Waals surface area contributed by atoms with Crippen LogP contribution >= 0.6 is 11.6 Å². The van der Waals surface area contributed by atoms with Gasteiger partial charge in [-0.25, -0.2) is 4.79 Å². The van der Waals surface area contributed by atoms with E-state index in [4.69, 9.17) is 25.8 Å². The van der Waals surface area contributed by atoms with Gasteiger partial charge in [-0.15, -0.1) is 0 Å².